The van der Waals surface area contributed by atoms with Crippen LogP contribution >= 0.6 is 0 Å². The van der Waals surface area contributed by atoms with Crippen LogP contribution in [0.25, 0.3) is 0 Å². The topological polar surface area (TPSA) is 66.4 Å². The molecule has 1 saturated heterocycles. The molecule has 0 aromatic carbocycles. The van der Waals surface area contributed by atoms with Crippen LogP contribution in [-0.2, 0) is 23.7 Å². The number of rotatable bonds is 9. The molecule has 0 spiro atoms. The van der Waals surface area contributed by atoms with Gasteiger partial charge in [0.1, 0.15) is 24.4 Å². The van der Waals surface area contributed by atoms with Gasteiger partial charge in [0.05, 0.1) is 31.0 Å². The van der Waals surface area contributed by atoms with Gasteiger partial charge in [0.25, 0.3) is 0 Å². The van der Waals surface area contributed by atoms with Gasteiger partial charge in [-0.3, -0.25) is 0 Å². The molecule has 1 aliphatic rings. The Morgan fingerprint density at radius 2 is 1.17 bits per heavy atom. The van der Waals surface area contributed by atoms with Gasteiger partial charge in [0.15, 0.2) is 6.29 Å². The van der Waals surface area contributed by atoms with Crippen LogP contribution in [0, 0.1) is 0 Å². The van der Waals surface area contributed by atoms with Crippen LogP contribution in [0.2, 0.25) is 0 Å². The molecular weight excluding hydrogens is 312 g/mol. The number of hydrogen-bond acceptors (Lipinski definition) is 6. The van der Waals surface area contributed by atoms with E-state index in [0.29, 0.717) is 6.61 Å². The van der Waals surface area contributed by atoms with Crippen molar-refractivity contribution in [3.05, 3.63) is 0 Å². The first-order chi connectivity index (χ1) is 11.1. The highest BCUT2D eigenvalue weighted by Crippen LogP contribution is 2.30. The molecule has 1 rings (SSSR count). The second kappa shape index (κ2) is 10.0. The van der Waals surface area contributed by atoms with Gasteiger partial charge in [0, 0.05) is 0 Å². The Kier molecular flexibility index (Phi) is 9.12. The summed E-state index contributed by atoms with van der Waals surface area (Å²) in [5.41, 5.74) is 0. The van der Waals surface area contributed by atoms with E-state index in [1.807, 2.05) is 55.4 Å². The molecule has 24 heavy (non-hydrogen) atoms. The molecule has 0 radical (unpaired) electrons. The first-order valence-corrected chi connectivity index (χ1v) is 9.03. The summed E-state index contributed by atoms with van der Waals surface area (Å²) in [5, 5.41) is 10.5. The third-order valence-electron chi connectivity index (χ3n) is 3.49. The minimum absolute atomic E-state index is 0.00615. The van der Waals surface area contributed by atoms with Gasteiger partial charge in [-0.15, -0.1) is 0 Å². The van der Waals surface area contributed by atoms with E-state index in [-0.39, 0.29) is 30.5 Å². The van der Waals surface area contributed by atoms with Crippen molar-refractivity contribution in [2.45, 2.75) is 111 Å². The highest BCUT2D eigenvalue weighted by molar-refractivity contribution is 4.93. The fraction of sp³-hybridized carbons (Fsp3) is 1.00. The molecule has 144 valence electrons. The van der Waals surface area contributed by atoms with Crippen molar-refractivity contribution in [1.29, 1.82) is 0 Å². The van der Waals surface area contributed by atoms with E-state index >= 15 is 0 Å². The third-order valence-corrected chi connectivity index (χ3v) is 3.49. The highest BCUT2D eigenvalue weighted by Gasteiger charge is 2.48. The minimum Gasteiger partial charge on any atom is -0.376 e. The lowest BCUT2D eigenvalue weighted by atomic mass is 9.97. The summed E-state index contributed by atoms with van der Waals surface area (Å²) >= 11 is 0. The predicted molar refractivity (Wildman–Crippen MR) is 92.0 cm³/mol. The standard InChI is InChI=1S/C18H36O6/c1-10(2)20-9-14-15(21-11(3)4)16(22-12(5)6)17(18(19)24-14)23-13(7)8/h10-19H,9H2,1-8H3/t14-,15-,16+,17-,18?/m1/s1. The molecule has 0 aromatic heterocycles. The molecule has 1 heterocycles. The average Bonchev–Trinajstić information content (AvgIpc) is 2.42. The summed E-state index contributed by atoms with van der Waals surface area (Å²) in [5.74, 6) is 0. The first-order valence-electron chi connectivity index (χ1n) is 9.03. The van der Waals surface area contributed by atoms with Crippen LogP contribution in [0.4, 0.5) is 0 Å². The van der Waals surface area contributed by atoms with Gasteiger partial charge < -0.3 is 28.8 Å². The smallest absolute Gasteiger partial charge is 0.184 e. The maximum absolute atomic E-state index is 10.5. The molecule has 0 aliphatic carbocycles. The summed E-state index contributed by atoms with van der Waals surface area (Å²) in [4.78, 5) is 0. The van der Waals surface area contributed by atoms with Gasteiger partial charge in [0.2, 0.25) is 0 Å². The van der Waals surface area contributed by atoms with Crippen LogP contribution in [0.3, 0.4) is 0 Å². The van der Waals surface area contributed by atoms with Crippen LogP contribution in [0.5, 0.6) is 0 Å². The second-order valence-corrected chi connectivity index (χ2v) is 7.40. The fourth-order valence-electron chi connectivity index (χ4n) is 2.72. The normalized spacial score (nSPS) is 31.6. The second-order valence-electron chi connectivity index (χ2n) is 7.40. The zero-order valence-electron chi connectivity index (χ0n) is 16.4. The summed E-state index contributed by atoms with van der Waals surface area (Å²) in [6.07, 6.45) is -2.93. The highest BCUT2D eigenvalue weighted by atomic mass is 16.7. The van der Waals surface area contributed by atoms with Crippen LogP contribution in [-0.4, -0.2) is 66.8 Å². The van der Waals surface area contributed by atoms with Gasteiger partial charge in [-0.05, 0) is 55.4 Å². The molecule has 6 heteroatoms. The average molecular weight is 348 g/mol. The van der Waals surface area contributed by atoms with Gasteiger partial charge in [-0.25, -0.2) is 0 Å². The van der Waals surface area contributed by atoms with E-state index < -0.39 is 24.6 Å². The van der Waals surface area contributed by atoms with Crippen LogP contribution in [0.1, 0.15) is 55.4 Å². The summed E-state index contributed by atoms with van der Waals surface area (Å²) in [6, 6.07) is 0. The molecule has 1 N–H and O–H groups in total. The van der Waals surface area contributed by atoms with Crippen LogP contribution in [0.15, 0.2) is 0 Å². The largest absolute Gasteiger partial charge is 0.376 e. The molecule has 0 bridgehead atoms. The van der Waals surface area contributed by atoms with Crippen LogP contribution < -0.4 is 0 Å². The Hall–Kier alpha value is -0.240. The number of ether oxygens (including phenoxy) is 5. The Bertz CT molecular complexity index is 344. The lowest BCUT2D eigenvalue weighted by Gasteiger charge is -2.46. The molecule has 1 fully saturated rings. The van der Waals surface area contributed by atoms with Gasteiger partial charge in [-0.1, -0.05) is 0 Å². The van der Waals surface area contributed by atoms with Crippen molar-refractivity contribution in [3.8, 4) is 0 Å². The Balaban J connectivity index is 3.02. The SMILES string of the molecule is CC(C)OC[C@H]1OC(O)[C@H](OC(C)C)[C@@H](OC(C)C)[C@@H]1OC(C)C. The third kappa shape index (κ3) is 6.94. The van der Waals surface area contributed by atoms with Crippen molar-refractivity contribution in [2.24, 2.45) is 0 Å². The summed E-state index contributed by atoms with van der Waals surface area (Å²) < 4.78 is 29.5. The lowest BCUT2D eigenvalue weighted by molar-refractivity contribution is -0.324. The van der Waals surface area contributed by atoms with Gasteiger partial charge in [-0.2, -0.15) is 0 Å². The minimum atomic E-state index is -1.08. The summed E-state index contributed by atoms with van der Waals surface area (Å²) in [6.45, 7) is 16.0. The zero-order chi connectivity index (χ0) is 18.4. The van der Waals surface area contributed by atoms with E-state index in [2.05, 4.69) is 0 Å². The zero-order valence-corrected chi connectivity index (χ0v) is 16.4. The van der Waals surface area contributed by atoms with Crippen molar-refractivity contribution >= 4 is 0 Å². The van der Waals surface area contributed by atoms with Crippen molar-refractivity contribution in [3.63, 3.8) is 0 Å². The lowest BCUT2D eigenvalue weighted by Crippen LogP contribution is -2.62. The van der Waals surface area contributed by atoms with E-state index in [0.717, 1.165) is 0 Å². The molecule has 5 atom stereocenters. The number of aliphatic hydroxyl groups excluding tert-OH is 1. The maximum atomic E-state index is 10.5. The van der Waals surface area contributed by atoms with Crippen molar-refractivity contribution < 1.29 is 28.8 Å². The van der Waals surface area contributed by atoms with Crippen molar-refractivity contribution in [2.75, 3.05) is 6.61 Å². The van der Waals surface area contributed by atoms with E-state index in [1.54, 1.807) is 0 Å². The van der Waals surface area contributed by atoms with E-state index in [1.165, 1.54) is 0 Å². The molecule has 6 nitrogen and oxygen atoms in total. The molecule has 1 aliphatic heterocycles. The molecule has 1 unspecified atom stereocenters. The maximum Gasteiger partial charge on any atom is 0.184 e. The van der Waals surface area contributed by atoms with Crippen molar-refractivity contribution in [1.82, 2.24) is 0 Å². The number of aliphatic hydroxyl groups is 1. The summed E-state index contributed by atoms with van der Waals surface area (Å²) in [7, 11) is 0. The number of hydrogen-bond donors (Lipinski definition) is 1. The van der Waals surface area contributed by atoms with E-state index in [9.17, 15) is 5.11 Å². The Morgan fingerprint density at radius 3 is 1.62 bits per heavy atom. The Morgan fingerprint density at radius 1 is 0.708 bits per heavy atom. The Labute approximate surface area is 146 Å². The predicted octanol–water partition coefficient (Wildman–Crippen LogP) is 2.51. The van der Waals surface area contributed by atoms with E-state index in [4.69, 9.17) is 23.7 Å². The molecule has 0 saturated carbocycles. The molecule has 0 aromatic rings. The molecule has 0 amide bonds. The molecular formula is C18H36O6. The quantitative estimate of drug-likeness (QED) is 0.691. The van der Waals surface area contributed by atoms with Gasteiger partial charge >= 0.3 is 0 Å². The fourth-order valence-corrected chi connectivity index (χ4v) is 2.72. The first kappa shape index (κ1) is 21.8. The monoisotopic (exact) mass is 348 g/mol.